The summed E-state index contributed by atoms with van der Waals surface area (Å²) in [5.74, 6) is 0. The molecule has 2 aromatic carbocycles. The van der Waals surface area contributed by atoms with E-state index < -0.39 is 20.6 Å². The molecule has 116 valence electrons. The molecule has 8 heteroatoms. The molecule has 0 amide bonds. The van der Waals surface area contributed by atoms with Gasteiger partial charge in [0.15, 0.2) is 6.29 Å². The third-order valence-corrected chi connectivity index (χ3v) is 5.15. The van der Waals surface area contributed by atoms with Gasteiger partial charge >= 0.3 is 0 Å². The van der Waals surface area contributed by atoms with Crippen LogP contribution in [0.5, 0.6) is 0 Å². The first-order chi connectivity index (χ1) is 11.0. The van der Waals surface area contributed by atoms with Crippen molar-refractivity contribution in [3.05, 3.63) is 70.4 Å². The van der Waals surface area contributed by atoms with E-state index in [9.17, 15) is 23.3 Å². The normalized spacial score (nSPS) is 11.5. The summed E-state index contributed by atoms with van der Waals surface area (Å²) in [5.41, 5.74) is -0.358. The molecule has 23 heavy (non-hydrogen) atoms. The Hall–Kier alpha value is -3.00. The van der Waals surface area contributed by atoms with Gasteiger partial charge in [0.05, 0.1) is 26.3 Å². The van der Waals surface area contributed by atoms with Crippen molar-refractivity contribution in [3.63, 3.8) is 0 Å². The Kier molecular flexibility index (Phi) is 3.45. The summed E-state index contributed by atoms with van der Waals surface area (Å²) < 4.78 is 26.3. The van der Waals surface area contributed by atoms with E-state index >= 15 is 0 Å². The van der Waals surface area contributed by atoms with Gasteiger partial charge < -0.3 is 0 Å². The predicted molar refractivity (Wildman–Crippen MR) is 83.0 cm³/mol. The summed E-state index contributed by atoms with van der Waals surface area (Å²) in [7, 11) is -3.88. The highest BCUT2D eigenvalue weighted by atomic mass is 32.2. The quantitative estimate of drug-likeness (QED) is 0.416. The molecule has 0 fully saturated rings. The first kappa shape index (κ1) is 14.9. The summed E-state index contributed by atoms with van der Waals surface area (Å²) >= 11 is 0. The van der Waals surface area contributed by atoms with E-state index in [1.807, 2.05) is 0 Å². The monoisotopic (exact) mass is 330 g/mol. The van der Waals surface area contributed by atoms with E-state index in [4.69, 9.17) is 0 Å². The van der Waals surface area contributed by atoms with Gasteiger partial charge in [0, 0.05) is 6.20 Å². The van der Waals surface area contributed by atoms with Crippen molar-refractivity contribution in [2.24, 2.45) is 0 Å². The number of nitro benzene ring substituents is 1. The van der Waals surface area contributed by atoms with Gasteiger partial charge in [0.1, 0.15) is 0 Å². The third-order valence-electron chi connectivity index (χ3n) is 3.45. The molecule has 0 radical (unpaired) electrons. The lowest BCUT2D eigenvalue weighted by Crippen LogP contribution is -2.11. The lowest BCUT2D eigenvalue weighted by molar-refractivity contribution is -0.383. The SMILES string of the molecule is O=Cc1ccc2c(ccn2S(=O)(=O)c2ccccc2)c1[N+](=O)[O-]. The minimum absolute atomic E-state index is 0.0691. The molecule has 0 atom stereocenters. The maximum atomic E-state index is 12.7. The Morgan fingerprint density at radius 2 is 1.74 bits per heavy atom. The number of carbonyl (C=O) groups is 1. The number of nitrogens with zero attached hydrogens (tertiary/aromatic N) is 2. The van der Waals surface area contributed by atoms with Gasteiger partial charge in [0.2, 0.25) is 0 Å². The van der Waals surface area contributed by atoms with Gasteiger partial charge in [-0.15, -0.1) is 0 Å². The van der Waals surface area contributed by atoms with Gasteiger partial charge in [-0.1, -0.05) is 18.2 Å². The maximum Gasteiger partial charge on any atom is 0.289 e. The fraction of sp³-hybridized carbons (Fsp3) is 0. The topological polar surface area (TPSA) is 99.3 Å². The summed E-state index contributed by atoms with van der Waals surface area (Å²) in [6.07, 6.45) is 1.62. The molecule has 0 aliphatic rings. The molecule has 3 rings (SSSR count). The molecule has 1 aromatic heterocycles. The second kappa shape index (κ2) is 5.33. The van der Waals surface area contributed by atoms with Crippen molar-refractivity contribution in [1.29, 1.82) is 0 Å². The number of nitro groups is 1. The molecule has 0 aliphatic carbocycles. The van der Waals surface area contributed by atoms with Crippen LogP contribution in [0.2, 0.25) is 0 Å². The van der Waals surface area contributed by atoms with E-state index in [0.717, 1.165) is 3.97 Å². The lowest BCUT2D eigenvalue weighted by atomic mass is 10.1. The van der Waals surface area contributed by atoms with E-state index in [0.29, 0.717) is 6.29 Å². The molecule has 0 unspecified atom stereocenters. The molecule has 0 bridgehead atoms. The molecule has 3 aromatic rings. The van der Waals surface area contributed by atoms with E-state index in [1.165, 1.54) is 36.5 Å². The fourth-order valence-electron chi connectivity index (χ4n) is 2.41. The average molecular weight is 330 g/mol. The minimum atomic E-state index is -3.88. The number of aromatic nitrogens is 1. The van der Waals surface area contributed by atoms with Crippen LogP contribution in [0.1, 0.15) is 10.4 Å². The van der Waals surface area contributed by atoms with Crippen LogP contribution in [0.25, 0.3) is 10.9 Å². The van der Waals surface area contributed by atoms with Crippen molar-refractivity contribution in [2.75, 3.05) is 0 Å². The Labute approximate surface area is 131 Å². The van der Waals surface area contributed by atoms with Crippen molar-refractivity contribution in [1.82, 2.24) is 3.97 Å². The summed E-state index contributed by atoms with van der Waals surface area (Å²) in [6.45, 7) is 0. The Morgan fingerprint density at radius 1 is 1.04 bits per heavy atom. The standard InChI is InChI=1S/C15H10N2O5S/c18-10-11-6-7-14-13(15(11)17(19)20)8-9-16(14)23(21,22)12-4-2-1-3-5-12/h1-10H. The highest BCUT2D eigenvalue weighted by Gasteiger charge is 2.24. The number of hydrogen-bond donors (Lipinski definition) is 0. The number of carbonyl (C=O) groups excluding carboxylic acids is 1. The van der Waals surface area contributed by atoms with Crippen LogP contribution >= 0.6 is 0 Å². The minimum Gasteiger partial charge on any atom is -0.298 e. The molecule has 7 nitrogen and oxygen atoms in total. The van der Waals surface area contributed by atoms with Crippen molar-refractivity contribution in [3.8, 4) is 0 Å². The van der Waals surface area contributed by atoms with E-state index in [-0.39, 0.29) is 21.4 Å². The average Bonchev–Trinajstić information content (AvgIpc) is 2.99. The van der Waals surface area contributed by atoms with Gasteiger partial charge in [-0.05, 0) is 30.3 Å². The summed E-state index contributed by atoms with van der Waals surface area (Å²) in [6, 6.07) is 11.7. The first-order valence-electron chi connectivity index (χ1n) is 6.51. The molecular weight excluding hydrogens is 320 g/mol. The first-order valence-corrected chi connectivity index (χ1v) is 7.95. The van der Waals surface area contributed by atoms with Crippen LogP contribution in [0.3, 0.4) is 0 Å². The highest BCUT2D eigenvalue weighted by Crippen LogP contribution is 2.31. The number of hydrogen-bond acceptors (Lipinski definition) is 5. The fourth-order valence-corrected chi connectivity index (χ4v) is 3.78. The largest absolute Gasteiger partial charge is 0.298 e. The smallest absolute Gasteiger partial charge is 0.289 e. The zero-order chi connectivity index (χ0) is 16.6. The Morgan fingerprint density at radius 3 is 2.35 bits per heavy atom. The molecule has 0 saturated heterocycles. The van der Waals surface area contributed by atoms with Crippen molar-refractivity contribution >= 4 is 32.9 Å². The molecular formula is C15H10N2O5S. The number of benzene rings is 2. The second-order valence-corrected chi connectivity index (χ2v) is 6.56. The van der Waals surface area contributed by atoms with Gasteiger partial charge in [-0.3, -0.25) is 14.9 Å². The third kappa shape index (κ3) is 2.29. The van der Waals surface area contributed by atoms with Gasteiger partial charge in [-0.2, -0.15) is 0 Å². The molecule has 0 N–H and O–H groups in total. The van der Waals surface area contributed by atoms with E-state index in [2.05, 4.69) is 0 Å². The number of fused-ring (bicyclic) bond motifs is 1. The zero-order valence-corrected chi connectivity index (χ0v) is 12.4. The van der Waals surface area contributed by atoms with Crippen molar-refractivity contribution < 1.29 is 18.1 Å². The zero-order valence-electron chi connectivity index (χ0n) is 11.6. The summed E-state index contributed by atoms with van der Waals surface area (Å²) in [4.78, 5) is 21.6. The van der Waals surface area contributed by atoms with Crippen LogP contribution in [0.15, 0.2) is 59.6 Å². The van der Waals surface area contributed by atoms with Gasteiger partial charge in [0.25, 0.3) is 15.7 Å². The predicted octanol–water partition coefficient (Wildman–Crippen LogP) is 2.60. The van der Waals surface area contributed by atoms with E-state index in [1.54, 1.807) is 18.2 Å². The summed E-state index contributed by atoms with van der Waals surface area (Å²) in [5, 5.41) is 11.3. The number of rotatable bonds is 4. The molecule has 1 heterocycles. The van der Waals surface area contributed by atoms with Crippen molar-refractivity contribution in [2.45, 2.75) is 4.90 Å². The highest BCUT2D eigenvalue weighted by molar-refractivity contribution is 7.90. The Bertz CT molecular complexity index is 1020. The number of aldehydes is 1. The molecule has 0 spiro atoms. The molecule has 0 saturated carbocycles. The van der Waals surface area contributed by atoms with Crippen LogP contribution < -0.4 is 0 Å². The lowest BCUT2D eigenvalue weighted by Gasteiger charge is -2.07. The van der Waals surface area contributed by atoms with Crippen LogP contribution in [0, 0.1) is 10.1 Å². The Balaban J connectivity index is 2.32. The molecule has 0 aliphatic heterocycles. The van der Waals surface area contributed by atoms with Crippen LogP contribution in [-0.4, -0.2) is 23.6 Å². The van der Waals surface area contributed by atoms with Crippen LogP contribution in [0.4, 0.5) is 5.69 Å². The maximum absolute atomic E-state index is 12.7. The second-order valence-electron chi connectivity index (χ2n) is 4.74. The van der Waals surface area contributed by atoms with Crippen LogP contribution in [-0.2, 0) is 10.0 Å². The van der Waals surface area contributed by atoms with Gasteiger partial charge in [-0.25, -0.2) is 12.4 Å².